The fourth-order valence-corrected chi connectivity index (χ4v) is 1.08. The number of carbonyl (C=O) groups is 1. The van der Waals surface area contributed by atoms with Crippen LogP contribution < -0.4 is 5.32 Å². The smallest absolute Gasteiger partial charge is 0.411 e. The number of hydrogen-bond donors (Lipinski definition) is 1. The number of rotatable bonds is 1. The van der Waals surface area contributed by atoms with Crippen LogP contribution in [0.4, 0.5) is 14.9 Å². The van der Waals surface area contributed by atoms with Gasteiger partial charge in [-0.3, -0.25) is 5.32 Å². The van der Waals surface area contributed by atoms with E-state index >= 15 is 0 Å². The first-order valence-electron chi connectivity index (χ1n) is 3.43. The highest BCUT2D eigenvalue weighted by Gasteiger charge is 2.05. The highest BCUT2D eigenvalue weighted by atomic mass is 79.9. The maximum Gasteiger partial charge on any atom is 0.411 e. The van der Waals surface area contributed by atoms with Crippen LogP contribution in [0.1, 0.15) is 0 Å². The van der Waals surface area contributed by atoms with E-state index in [-0.39, 0.29) is 5.69 Å². The number of methoxy groups -OCH3 is 1. The predicted octanol–water partition coefficient (Wildman–Crippen LogP) is 2.77. The fraction of sp³-hybridized carbons (Fsp3) is 0.125. The number of anilines is 1. The Balaban J connectivity index is 2.83. The van der Waals surface area contributed by atoms with Gasteiger partial charge in [-0.15, -0.1) is 0 Å². The number of carbonyl (C=O) groups excluding carboxylic acids is 1. The van der Waals surface area contributed by atoms with Crippen LogP contribution in [0.25, 0.3) is 0 Å². The van der Waals surface area contributed by atoms with Gasteiger partial charge in [0.2, 0.25) is 0 Å². The van der Waals surface area contributed by atoms with Gasteiger partial charge in [0.15, 0.2) is 0 Å². The molecule has 13 heavy (non-hydrogen) atoms. The van der Waals surface area contributed by atoms with Crippen molar-refractivity contribution in [3.8, 4) is 0 Å². The zero-order valence-corrected chi connectivity index (χ0v) is 8.39. The molecule has 0 radical (unpaired) electrons. The molecule has 0 atom stereocenters. The van der Waals surface area contributed by atoms with Crippen LogP contribution in [-0.4, -0.2) is 13.2 Å². The number of nitrogens with one attached hydrogen (secondary N) is 1. The third kappa shape index (κ3) is 2.69. The first kappa shape index (κ1) is 9.98. The van der Waals surface area contributed by atoms with Gasteiger partial charge in [0, 0.05) is 4.47 Å². The molecule has 0 aliphatic carbocycles. The van der Waals surface area contributed by atoms with Crippen molar-refractivity contribution in [3.63, 3.8) is 0 Å². The van der Waals surface area contributed by atoms with Crippen molar-refractivity contribution in [2.24, 2.45) is 0 Å². The minimum Gasteiger partial charge on any atom is -0.453 e. The van der Waals surface area contributed by atoms with Gasteiger partial charge in [-0.25, -0.2) is 9.18 Å². The highest BCUT2D eigenvalue weighted by molar-refractivity contribution is 9.10. The molecular weight excluding hydrogens is 241 g/mol. The molecular formula is C8H7BrFNO2. The molecule has 0 saturated carbocycles. The van der Waals surface area contributed by atoms with E-state index in [2.05, 4.69) is 26.0 Å². The van der Waals surface area contributed by atoms with Gasteiger partial charge < -0.3 is 4.74 Å². The average Bonchev–Trinajstić information content (AvgIpc) is 2.09. The Hall–Kier alpha value is -1.10. The average molecular weight is 248 g/mol. The molecule has 1 N–H and O–H groups in total. The first-order chi connectivity index (χ1) is 6.13. The maximum atomic E-state index is 13.0. The number of benzene rings is 1. The molecule has 1 aromatic rings. The van der Waals surface area contributed by atoms with Crippen LogP contribution in [0.2, 0.25) is 0 Å². The Morgan fingerprint density at radius 3 is 2.85 bits per heavy atom. The second-order valence-electron chi connectivity index (χ2n) is 2.24. The highest BCUT2D eigenvalue weighted by Crippen LogP contribution is 2.19. The Morgan fingerprint density at radius 2 is 2.31 bits per heavy atom. The summed E-state index contributed by atoms with van der Waals surface area (Å²) >= 11 is 3.10. The van der Waals surface area contributed by atoms with Crippen LogP contribution >= 0.6 is 15.9 Å². The summed E-state index contributed by atoms with van der Waals surface area (Å²) in [6, 6.07) is 4.32. The second kappa shape index (κ2) is 4.23. The van der Waals surface area contributed by atoms with Crippen LogP contribution in [0.3, 0.4) is 0 Å². The van der Waals surface area contributed by atoms with Crippen LogP contribution in [0.15, 0.2) is 22.7 Å². The Morgan fingerprint density at radius 1 is 1.62 bits per heavy atom. The molecule has 0 heterocycles. The van der Waals surface area contributed by atoms with E-state index in [0.29, 0.717) is 4.47 Å². The molecule has 0 spiro atoms. The predicted molar refractivity (Wildman–Crippen MR) is 50.1 cm³/mol. The molecule has 0 fully saturated rings. The monoisotopic (exact) mass is 247 g/mol. The number of halogens is 2. The van der Waals surface area contributed by atoms with Crippen LogP contribution in [0.5, 0.6) is 0 Å². The van der Waals surface area contributed by atoms with Gasteiger partial charge >= 0.3 is 6.09 Å². The summed E-state index contributed by atoms with van der Waals surface area (Å²) in [7, 11) is 1.21. The van der Waals surface area contributed by atoms with E-state index < -0.39 is 11.9 Å². The quantitative estimate of drug-likeness (QED) is 0.829. The summed E-state index contributed by atoms with van der Waals surface area (Å²) in [6.45, 7) is 0. The van der Waals surface area contributed by atoms with Crippen molar-refractivity contribution in [3.05, 3.63) is 28.5 Å². The summed E-state index contributed by atoms with van der Waals surface area (Å²) in [4.78, 5) is 10.7. The largest absolute Gasteiger partial charge is 0.453 e. The standard InChI is InChI=1S/C8H7BrFNO2/c1-13-8(12)11-7-3-2-5(9)4-6(7)10/h2-4H,1H3,(H,11,12). The Bertz CT molecular complexity index is 330. The minimum atomic E-state index is -0.693. The molecule has 1 rings (SSSR count). The molecule has 1 aromatic carbocycles. The second-order valence-corrected chi connectivity index (χ2v) is 3.16. The zero-order valence-electron chi connectivity index (χ0n) is 6.80. The minimum absolute atomic E-state index is 0.0926. The van der Waals surface area contributed by atoms with Gasteiger partial charge in [0.05, 0.1) is 12.8 Å². The van der Waals surface area contributed by atoms with Crippen LogP contribution in [0, 0.1) is 5.82 Å². The lowest BCUT2D eigenvalue weighted by molar-refractivity contribution is 0.187. The van der Waals surface area contributed by atoms with E-state index in [1.54, 1.807) is 6.07 Å². The lowest BCUT2D eigenvalue weighted by Gasteiger charge is -2.04. The van der Waals surface area contributed by atoms with Gasteiger partial charge in [0.25, 0.3) is 0 Å². The molecule has 70 valence electrons. The van der Waals surface area contributed by atoms with E-state index in [4.69, 9.17) is 0 Å². The van der Waals surface area contributed by atoms with Crippen molar-refractivity contribution >= 4 is 27.7 Å². The zero-order chi connectivity index (χ0) is 9.84. The third-order valence-electron chi connectivity index (χ3n) is 1.35. The van der Waals surface area contributed by atoms with E-state index in [1.165, 1.54) is 19.2 Å². The number of hydrogen-bond acceptors (Lipinski definition) is 2. The van der Waals surface area contributed by atoms with Crippen molar-refractivity contribution < 1.29 is 13.9 Å². The number of amides is 1. The lowest BCUT2D eigenvalue weighted by Crippen LogP contribution is -2.11. The summed E-state index contributed by atoms with van der Waals surface area (Å²) < 4.78 is 18.0. The van der Waals surface area contributed by atoms with Crippen LogP contribution in [-0.2, 0) is 4.74 Å². The first-order valence-corrected chi connectivity index (χ1v) is 4.23. The van der Waals surface area contributed by atoms with Crippen molar-refractivity contribution in [1.82, 2.24) is 0 Å². The summed E-state index contributed by atoms with van der Waals surface area (Å²) in [5.74, 6) is -0.514. The van der Waals surface area contributed by atoms with Crippen molar-refractivity contribution in [1.29, 1.82) is 0 Å². The molecule has 0 saturated heterocycles. The molecule has 0 aromatic heterocycles. The molecule has 5 heteroatoms. The van der Waals surface area contributed by atoms with Crippen molar-refractivity contribution in [2.45, 2.75) is 0 Å². The number of ether oxygens (including phenoxy) is 1. The van der Waals surface area contributed by atoms with E-state index in [9.17, 15) is 9.18 Å². The Labute approximate surface area is 83.0 Å². The Kier molecular flexibility index (Phi) is 3.25. The summed E-state index contributed by atoms with van der Waals surface area (Å²) in [5, 5.41) is 2.23. The normalized spacial score (nSPS) is 9.46. The lowest BCUT2D eigenvalue weighted by atomic mass is 10.3. The fourth-order valence-electron chi connectivity index (χ4n) is 0.752. The van der Waals surface area contributed by atoms with Gasteiger partial charge in [0.1, 0.15) is 5.82 Å². The summed E-state index contributed by atoms with van der Waals surface area (Å²) in [6.07, 6.45) is -0.693. The van der Waals surface area contributed by atoms with Crippen molar-refractivity contribution in [2.75, 3.05) is 12.4 Å². The molecule has 3 nitrogen and oxygen atoms in total. The molecule has 0 aliphatic heterocycles. The van der Waals surface area contributed by atoms with E-state index in [0.717, 1.165) is 0 Å². The van der Waals surface area contributed by atoms with Gasteiger partial charge in [-0.05, 0) is 18.2 Å². The molecule has 0 bridgehead atoms. The SMILES string of the molecule is COC(=O)Nc1ccc(Br)cc1F. The molecule has 1 amide bonds. The summed E-state index contributed by atoms with van der Waals surface area (Å²) in [5.41, 5.74) is 0.0926. The third-order valence-corrected chi connectivity index (χ3v) is 1.85. The maximum absolute atomic E-state index is 13.0. The van der Waals surface area contributed by atoms with Gasteiger partial charge in [-0.2, -0.15) is 0 Å². The molecule has 0 aliphatic rings. The molecule has 0 unspecified atom stereocenters. The van der Waals surface area contributed by atoms with E-state index in [1.807, 2.05) is 0 Å². The topological polar surface area (TPSA) is 38.3 Å². The van der Waals surface area contributed by atoms with Gasteiger partial charge in [-0.1, -0.05) is 15.9 Å².